The van der Waals surface area contributed by atoms with E-state index in [0.29, 0.717) is 28.3 Å². The molecule has 2 aromatic rings. The zero-order valence-electron chi connectivity index (χ0n) is 9.77. The summed E-state index contributed by atoms with van der Waals surface area (Å²) in [5.74, 6) is 1.42. The van der Waals surface area contributed by atoms with Gasteiger partial charge in [-0.05, 0) is 31.5 Å². The summed E-state index contributed by atoms with van der Waals surface area (Å²) in [6.07, 6.45) is 3.87. The maximum absolute atomic E-state index is 6.06. The van der Waals surface area contributed by atoms with Crippen LogP contribution in [0.2, 0.25) is 5.02 Å². The zero-order valence-corrected chi connectivity index (χ0v) is 10.5. The largest absolute Gasteiger partial charge is 0.339 e. The average molecular weight is 265 g/mol. The van der Waals surface area contributed by atoms with Gasteiger partial charge in [0.2, 0.25) is 11.7 Å². The van der Waals surface area contributed by atoms with Crippen molar-refractivity contribution < 1.29 is 4.52 Å². The van der Waals surface area contributed by atoms with E-state index in [0.717, 1.165) is 25.9 Å². The van der Waals surface area contributed by atoms with Gasteiger partial charge in [-0.25, -0.2) is 0 Å². The van der Waals surface area contributed by atoms with E-state index in [1.807, 2.05) is 0 Å². The molecule has 3 rings (SSSR count). The van der Waals surface area contributed by atoms with Crippen LogP contribution >= 0.6 is 11.6 Å². The molecule has 1 fully saturated rings. The molecule has 0 radical (unpaired) electrons. The van der Waals surface area contributed by atoms with Gasteiger partial charge in [-0.1, -0.05) is 16.8 Å². The van der Waals surface area contributed by atoms with Crippen LogP contribution in [-0.2, 0) is 0 Å². The summed E-state index contributed by atoms with van der Waals surface area (Å²) in [6.45, 7) is 1.95. The third-order valence-electron chi connectivity index (χ3n) is 3.06. The molecule has 0 unspecified atom stereocenters. The lowest BCUT2D eigenvalue weighted by Crippen LogP contribution is -2.28. The molecule has 6 heteroatoms. The lowest BCUT2D eigenvalue weighted by atomic mass is 10.00. The molecule has 3 heterocycles. The van der Waals surface area contributed by atoms with E-state index in [4.69, 9.17) is 16.1 Å². The topological polar surface area (TPSA) is 63.8 Å². The molecule has 0 amide bonds. The Kier molecular flexibility index (Phi) is 3.25. The Morgan fingerprint density at radius 2 is 2.39 bits per heavy atom. The second kappa shape index (κ2) is 5.04. The first-order valence-corrected chi connectivity index (χ1v) is 6.37. The van der Waals surface area contributed by atoms with E-state index in [9.17, 15) is 0 Å². The monoisotopic (exact) mass is 264 g/mol. The zero-order chi connectivity index (χ0) is 12.4. The SMILES string of the molecule is Clc1cccnc1-c1noc([C@H]2CCCNC2)n1. The first-order valence-electron chi connectivity index (χ1n) is 6.00. The Morgan fingerprint density at radius 3 is 3.17 bits per heavy atom. The van der Waals surface area contributed by atoms with Crippen molar-refractivity contribution in [2.75, 3.05) is 13.1 Å². The molecule has 5 nitrogen and oxygen atoms in total. The van der Waals surface area contributed by atoms with Crippen LogP contribution in [0.1, 0.15) is 24.7 Å². The van der Waals surface area contributed by atoms with Crippen LogP contribution in [0.25, 0.3) is 11.5 Å². The normalized spacial score (nSPS) is 19.9. The number of hydrogen-bond donors (Lipinski definition) is 1. The first-order chi connectivity index (χ1) is 8.84. The lowest BCUT2D eigenvalue weighted by Gasteiger charge is -2.18. The molecule has 94 valence electrons. The first kappa shape index (κ1) is 11.6. The second-order valence-electron chi connectivity index (χ2n) is 4.33. The predicted molar refractivity (Wildman–Crippen MR) is 67.4 cm³/mol. The van der Waals surface area contributed by atoms with Gasteiger partial charge in [-0.3, -0.25) is 4.98 Å². The highest BCUT2D eigenvalue weighted by atomic mass is 35.5. The molecule has 0 bridgehead atoms. The maximum atomic E-state index is 6.06. The third-order valence-corrected chi connectivity index (χ3v) is 3.36. The van der Waals surface area contributed by atoms with Gasteiger partial charge >= 0.3 is 0 Å². The van der Waals surface area contributed by atoms with Crippen LogP contribution < -0.4 is 5.32 Å². The van der Waals surface area contributed by atoms with Crippen LogP contribution in [0.5, 0.6) is 0 Å². The summed E-state index contributed by atoms with van der Waals surface area (Å²) in [6, 6.07) is 3.54. The van der Waals surface area contributed by atoms with Gasteiger partial charge in [0.1, 0.15) is 5.69 Å². The lowest BCUT2D eigenvalue weighted by molar-refractivity contribution is 0.322. The quantitative estimate of drug-likeness (QED) is 0.901. The van der Waals surface area contributed by atoms with E-state index in [1.54, 1.807) is 18.3 Å². The maximum Gasteiger partial charge on any atom is 0.231 e. The van der Waals surface area contributed by atoms with Gasteiger partial charge < -0.3 is 9.84 Å². The van der Waals surface area contributed by atoms with Crippen molar-refractivity contribution in [3.63, 3.8) is 0 Å². The number of nitrogens with zero attached hydrogens (tertiary/aromatic N) is 3. The summed E-state index contributed by atoms with van der Waals surface area (Å²) >= 11 is 6.06. The van der Waals surface area contributed by atoms with Gasteiger partial charge in [0.15, 0.2) is 0 Å². The molecule has 1 N–H and O–H groups in total. The third kappa shape index (κ3) is 2.23. The predicted octanol–water partition coefficient (Wildman–Crippen LogP) is 2.25. The smallest absolute Gasteiger partial charge is 0.231 e. The minimum absolute atomic E-state index is 0.294. The summed E-state index contributed by atoms with van der Waals surface area (Å²) in [5, 5.41) is 7.82. The number of nitrogens with one attached hydrogen (secondary N) is 1. The Hall–Kier alpha value is -1.46. The van der Waals surface area contributed by atoms with Gasteiger partial charge in [-0.15, -0.1) is 0 Å². The molecule has 0 spiro atoms. The van der Waals surface area contributed by atoms with E-state index >= 15 is 0 Å². The van der Waals surface area contributed by atoms with Crippen LogP contribution in [0.15, 0.2) is 22.9 Å². The summed E-state index contributed by atoms with van der Waals surface area (Å²) < 4.78 is 5.31. The Morgan fingerprint density at radius 1 is 1.44 bits per heavy atom. The van der Waals surface area contributed by atoms with Crippen molar-refractivity contribution in [1.29, 1.82) is 0 Å². The van der Waals surface area contributed by atoms with E-state index in [2.05, 4.69) is 20.4 Å². The molecule has 1 aliphatic rings. The molecule has 1 aliphatic heterocycles. The van der Waals surface area contributed by atoms with E-state index < -0.39 is 0 Å². The van der Waals surface area contributed by atoms with Crippen LogP contribution in [0.4, 0.5) is 0 Å². The van der Waals surface area contributed by atoms with Crippen LogP contribution in [0, 0.1) is 0 Å². The van der Waals surface area contributed by atoms with Crippen molar-refractivity contribution in [3.8, 4) is 11.5 Å². The number of halogens is 1. The fraction of sp³-hybridized carbons (Fsp3) is 0.417. The molecule has 1 atom stereocenters. The minimum Gasteiger partial charge on any atom is -0.339 e. The highest BCUT2D eigenvalue weighted by Crippen LogP contribution is 2.26. The fourth-order valence-electron chi connectivity index (χ4n) is 2.11. The van der Waals surface area contributed by atoms with Gasteiger partial charge in [-0.2, -0.15) is 4.98 Å². The molecular formula is C12H13ClN4O. The second-order valence-corrected chi connectivity index (χ2v) is 4.74. The van der Waals surface area contributed by atoms with Gasteiger partial charge in [0.25, 0.3) is 0 Å². The molecular weight excluding hydrogens is 252 g/mol. The number of piperidine rings is 1. The van der Waals surface area contributed by atoms with E-state index in [-0.39, 0.29) is 0 Å². The molecule has 1 saturated heterocycles. The minimum atomic E-state index is 0.294. The fourth-order valence-corrected chi connectivity index (χ4v) is 2.32. The number of aromatic nitrogens is 3. The van der Waals surface area contributed by atoms with Crippen LogP contribution in [-0.4, -0.2) is 28.2 Å². The molecule has 18 heavy (non-hydrogen) atoms. The molecule has 0 aromatic carbocycles. The standard InChI is InChI=1S/C12H13ClN4O/c13-9-4-2-6-15-10(9)11-16-12(18-17-11)8-3-1-5-14-7-8/h2,4,6,8,14H,1,3,5,7H2/t8-/m0/s1. The Labute approximate surface area is 110 Å². The summed E-state index contributed by atoms with van der Waals surface area (Å²) in [7, 11) is 0. The van der Waals surface area contributed by atoms with Crippen molar-refractivity contribution in [3.05, 3.63) is 29.2 Å². The highest BCUT2D eigenvalue weighted by molar-refractivity contribution is 6.32. The number of rotatable bonds is 2. The van der Waals surface area contributed by atoms with Crippen molar-refractivity contribution in [2.24, 2.45) is 0 Å². The van der Waals surface area contributed by atoms with E-state index in [1.165, 1.54) is 0 Å². The van der Waals surface area contributed by atoms with Crippen molar-refractivity contribution in [1.82, 2.24) is 20.4 Å². The molecule has 0 saturated carbocycles. The molecule has 0 aliphatic carbocycles. The Balaban J connectivity index is 1.87. The average Bonchev–Trinajstić information content (AvgIpc) is 2.90. The number of pyridine rings is 1. The van der Waals surface area contributed by atoms with Crippen LogP contribution in [0.3, 0.4) is 0 Å². The summed E-state index contributed by atoms with van der Waals surface area (Å²) in [4.78, 5) is 8.57. The van der Waals surface area contributed by atoms with Crippen molar-refractivity contribution >= 4 is 11.6 Å². The highest BCUT2D eigenvalue weighted by Gasteiger charge is 2.22. The van der Waals surface area contributed by atoms with Gasteiger partial charge in [0.05, 0.1) is 10.9 Å². The number of hydrogen-bond acceptors (Lipinski definition) is 5. The van der Waals surface area contributed by atoms with Crippen molar-refractivity contribution in [2.45, 2.75) is 18.8 Å². The van der Waals surface area contributed by atoms with Gasteiger partial charge in [0, 0.05) is 12.7 Å². The summed E-state index contributed by atoms with van der Waals surface area (Å²) in [5.41, 5.74) is 0.568. The Bertz CT molecular complexity index is 536. The molecule has 2 aromatic heterocycles.